The van der Waals surface area contributed by atoms with E-state index in [0.29, 0.717) is 0 Å². The molecule has 0 atom stereocenters. The van der Waals surface area contributed by atoms with Gasteiger partial charge >= 0.3 is 0 Å². The van der Waals surface area contributed by atoms with E-state index in [4.69, 9.17) is 9.40 Å². The normalized spacial score (nSPS) is 14.7. The van der Waals surface area contributed by atoms with E-state index in [1.54, 1.807) is 0 Å². The Balaban J connectivity index is 1.94. The number of hydrogen-bond acceptors (Lipinski definition) is 2. The molecule has 6 rings (SSSR count). The van der Waals surface area contributed by atoms with Crippen LogP contribution >= 0.6 is 0 Å². The first-order valence-electron chi connectivity index (χ1n) is 9.82. The van der Waals surface area contributed by atoms with Crippen molar-refractivity contribution in [1.29, 1.82) is 0 Å². The summed E-state index contributed by atoms with van der Waals surface area (Å²) in [5.74, 6) is 0. The maximum Gasteiger partial charge on any atom is 0.138 e. The summed E-state index contributed by atoms with van der Waals surface area (Å²) in [5, 5.41) is 4.93. The lowest BCUT2D eigenvalue weighted by Gasteiger charge is -2.29. The first-order valence-corrected chi connectivity index (χ1v) is 9.82. The Morgan fingerprint density at radius 2 is 1.79 bits per heavy atom. The zero-order valence-electron chi connectivity index (χ0n) is 16.6. The van der Waals surface area contributed by atoms with Crippen molar-refractivity contribution in [1.82, 2.24) is 4.98 Å². The van der Waals surface area contributed by atoms with Crippen molar-refractivity contribution in [3.05, 3.63) is 77.0 Å². The SMILES string of the molecule is Cc1ccc2cnc3c(c2c1)C(C)(C)c1ccc(C)c2oc4cccc-3c4c12. The summed E-state index contributed by atoms with van der Waals surface area (Å²) in [5.41, 5.74) is 9.07. The molecule has 0 saturated heterocycles. The lowest BCUT2D eigenvalue weighted by Crippen LogP contribution is -2.20. The number of nitrogens with zero attached hydrogens (tertiary/aromatic N) is 1. The molecular weight excluding hydrogens is 342 g/mol. The highest BCUT2D eigenvalue weighted by Gasteiger charge is 2.36. The number of hydrogen-bond donors (Lipinski definition) is 0. The van der Waals surface area contributed by atoms with Gasteiger partial charge in [-0.15, -0.1) is 0 Å². The molecule has 1 aliphatic rings. The Kier molecular flexibility index (Phi) is 2.85. The first kappa shape index (κ1) is 15.9. The number of benzene rings is 3. The highest BCUT2D eigenvalue weighted by Crippen LogP contribution is 2.51. The molecule has 2 aromatic heterocycles. The fourth-order valence-corrected chi connectivity index (χ4v) is 5.07. The number of aromatic nitrogens is 1. The third-order valence-corrected chi connectivity index (χ3v) is 6.44. The van der Waals surface area contributed by atoms with Gasteiger partial charge in [-0.1, -0.05) is 61.9 Å². The molecule has 0 saturated carbocycles. The Morgan fingerprint density at radius 1 is 0.929 bits per heavy atom. The molecule has 0 N–H and O–H groups in total. The second kappa shape index (κ2) is 5.02. The number of pyridine rings is 1. The molecule has 5 aromatic rings. The van der Waals surface area contributed by atoms with E-state index in [-0.39, 0.29) is 5.41 Å². The molecule has 136 valence electrons. The molecule has 2 heterocycles. The van der Waals surface area contributed by atoms with Crippen LogP contribution < -0.4 is 0 Å². The number of rotatable bonds is 0. The summed E-state index contributed by atoms with van der Waals surface area (Å²) in [7, 11) is 0. The van der Waals surface area contributed by atoms with Crippen molar-refractivity contribution in [3.63, 3.8) is 0 Å². The Hall–Kier alpha value is -3.13. The van der Waals surface area contributed by atoms with Gasteiger partial charge in [-0.25, -0.2) is 0 Å². The molecule has 0 radical (unpaired) electrons. The van der Waals surface area contributed by atoms with Crippen LogP contribution in [0.1, 0.15) is 36.1 Å². The standard InChI is InChI=1S/C26H21NO/c1-14-8-10-16-13-27-24-17-6-5-7-20-21(17)22-19(11-9-15(2)25(22)28-20)26(3,4)23(24)18(16)12-14/h5-13H,1-4H3. The maximum absolute atomic E-state index is 6.33. The summed E-state index contributed by atoms with van der Waals surface area (Å²) < 4.78 is 6.33. The quantitative estimate of drug-likeness (QED) is 0.294. The van der Waals surface area contributed by atoms with E-state index in [0.717, 1.165) is 16.9 Å². The van der Waals surface area contributed by atoms with Crippen molar-refractivity contribution < 1.29 is 4.42 Å². The van der Waals surface area contributed by atoms with Gasteiger partial charge in [0.2, 0.25) is 0 Å². The molecule has 0 aliphatic heterocycles. The fourth-order valence-electron chi connectivity index (χ4n) is 5.07. The Morgan fingerprint density at radius 3 is 2.64 bits per heavy atom. The minimum atomic E-state index is -0.197. The lowest BCUT2D eigenvalue weighted by atomic mass is 9.74. The molecule has 3 aromatic carbocycles. The average Bonchev–Trinajstić information content (AvgIpc) is 3.03. The number of furan rings is 1. The largest absolute Gasteiger partial charge is 0.456 e. The van der Waals surface area contributed by atoms with Crippen LogP contribution in [0.15, 0.2) is 59.1 Å². The van der Waals surface area contributed by atoms with Gasteiger partial charge < -0.3 is 4.42 Å². The average molecular weight is 363 g/mol. The van der Waals surface area contributed by atoms with Crippen molar-refractivity contribution in [2.45, 2.75) is 33.1 Å². The van der Waals surface area contributed by atoms with Crippen LogP contribution in [0, 0.1) is 13.8 Å². The summed E-state index contributed by atoms with van der Waals surface area (Å²) in [6, 6.07) is 17.5. The van der Waals surface area contributed by atoms with Gasteiger partial charge in [0.1, 0.15) is 11.2 Å². The zero-order valence-corrected chi connectivity index (χ0v) is 16.6. The third kappa shape index (κ3) is 1.80. The van der Waals surface area contributed by atoms with Gasteiger partial charge in [-0.05, 0) is 42.0 Å². The second-order valence-electron chi connectivity index (χ2n) is 8.61. The predicted molar refractivity (Wildman–Crippen MR) is 116 cm³/mol. The van der Waals surface area contributed by atoms with Crippen LogP contribution in [-0.4, -0.2) is 4.98 Å². The van der Waals surface area contributed by atoms with E-state index < -0.39 is 0 Å². The van der Waals surface area contributed by atoms with Gasteiger partial charge in [0.25, 0.3) is 0 Å². The highest BCUT2D eigenvalue weighted by atomic mass is 16.3. The molecular formula is C26H21NO. The van der Waals surface area contributed by atoms with Crippen molar-refractivity contribution >= 4 is 32.7 Å². The number of aryl methyl sites for hydroxylation is 2. The highest BCUT2D eigenvalue weighted by molar-refractivity contribution is 6.16. The summed E-state index contributed by atoms with van der Waals surface area (Å²) in [4.78, 5) is 4.99. The van der Waals surface area contributed by atoms with E-state index in [1.807, 2.05) is 6.20 Å². The third-order valence-electron chi connectivity index (χ3n) is 6.44. The lowest BCUT2D eigenvalue weighted by molar-refractivity contribution is 0.645. The maximum atomic E-state index is 6.33. The van der Waals surface area contributed by atoms with E-state index in [1.165, 1.54) is 49.4 Å². The van der Waals surface area contributed by atoms with Crippen LogP contribution in [-0.2, 0) is 5.41 Å². The molecule has 0 bridgehead atoms. The van der Waals surface area contributed by atoms with Crippen LogP contribution in [0.2, 0.25) is 0 Å². The first-order chi connectivity index (χ1) is 13.5. The minimum absolute atomic E-state index is 0.197. The van der Waals surface area contributed by atoms with Gasteiger partial charge in [0.05, 0.1) is 5.69 Å². The van der Waals surface area contributed by atoms with E-state index >= 15 is 0 Å². The van der Waals surface area contributed by atoms with Crippen molar-refractivity contribution in [2.24, 2.45) is 0 Å². The summed E-state index contributed by atoms with van der Waals surface area (Å²) in [6.45, 7) is 8.94. The molecule has 0 fully saturated rings. The molecule has 0 unspecified atom stereocenters. The molecule has 2 nitrogen and oxygen atoms in total. The molecule has 0 amide bonds. The van der Waals surface area contributed by atoms with Gasteiger partial charge in [-0.2, -0.15) is 0 Å². The zero-order chi connectivity index (χ0) is 19.2. The monoisotopic (exact) mass is 363 g/mol. The molecule has 1 aliphatic carbocycles. The predicted octanol–water partition coefficient (Wildman–Crippen LogP) is 7.06. The van der Waals surface area contributed by atoms with Gasteiger partial charge in [0, 0.05) is 33.3 Å². The smallest absolute Gasteiger partial charge is 0.138 e. The Bertz CT molecular complexity index is 1450. The van der Waals surface area contributed by atoms with Crippen LogP contribution in [0.3, 0.4) is 0 Å². The molecule has 28 heavy (non-hydrogen) atoms. The topological polar surface area (TPSA) is 26.0 Å². The summed E-state index contributed by atoms with van der Waals surface area (Å²) in [6.07, 6.45) is 2.01. The van der Waals surface area contributed by atoms with Crippen LogP contribution in [0.5, 0.6) is 0 Å². The van der Waals surface area contributed by atoms with E-state index in [2.05, 4.69) is 76.2 Å². The van der Waals surface area contributed by atoms with Gasteiger partial charge in [-0.3, -0.25) is 4.98 Å². The number of fused-ring (bicyclic) bond motifs is 4. The Labute approximate surface area is 163 Å². The van der Waals surface area contributed by atoms with Crippen molar-refractivity contribution in [2.75, 3.05) is 0 Å². The second-order valence-corrected chi connectivity index (χ2v) is 8.61. The summed E-state index contributed by atoms with van der Waals surface area (Å²) >= 11 is 0. The van der Waals surface area contributed by atoms with Gasteiger partial charge in [0.15, 0.2) is 0 Å². The van der Waals surface area contributed by atoms with Crippen LogP contribution in [0.4, 0.5) is 0 Å². The van der Waals surface area contributed by atoms with E-state index in [9.17, 15) is 0 Å². The minimum Gasteiger partial charge on any atom is -0.456 e. The molecule has 0 spiro atoms. The molecule has 2 heteroatoms. The van der Waals surface area contributed by atoms with Crippen molar-refractivity contribution in [3.8, 4) is 11.3 Å². The van der Waals surface area contributed by atoms with Crippen LogP contribution in [0.25, 0.3) is 44.0 Å². The fraction of sp³-hybridized carbons (Fsp3) is 0.192.